The van der Waals surface area contributed by atoms with Crippen LogP contribution in [0.25, 0.3) is 11.5 Å². The lowest BCUT2D eigenvalue weighted by Gasteiger charge is -2.19. The second-order valence-corrected chi connectivity index (χ2v) is 6.79. The third-order valence-corrected chi connectivity index (χ3v) is 4.50. The van der Waals surface area contributed by atoms with E-state index in [9.17, 15) is 4.39 Å². The SMILES string of the molecule is CC(C)c1noc([C@@H]2CCCN2Cc2nnc(-c3cccc(F)c3)o2)n1. The number of hydrogen-bond acceptors (Lipinski definition) is 7. The van der Waals surface area contributed by atoms with Crippen molar-refractivity contribution in [1.29, 1.82) is 0 Å². The summed E-state index contributed by atoms with van der Waals surface area (Å²) in [5.74, 6) is 2.05. The molecule has 2 aromatic heterocycles. The van der Waals surface area contributed by atoms with Gasteiger partial charge < -0.3 is 8.94 Å². The zero-order chi connectivity index (χ0) is 18.1. The summed E-state index contributed by atoms with van der Waals surface area (Å²) in [5, 5.41) is 12.2. The Labute approximate surface area is 150 Å². The normalized spacial score (nSPS) is 18.1. The topological polar surface area (TPSA) is 81.1 Å². The van der Waals surface area contributed by atoms with Gasteiger partial charge in [-0.05, 0) is 37.6 Å². The van der Waals surface area contributed by atoms with Gasteiger partial charge in [0.2, 0.25) is 17.7 Å². The Kier molecular flexibility index (Phi) is 4.50. The monoisotopic (exact) mass is 357 g/mol. The highest BCUT2D eigenvalue weighted by atomic mass is 19.1. The van der Waals surface area contributed by atoms with Crippen molar-refractivity contribution in [1.82, 2.24) is 25.2 Å². The summed E-state index contributed by atoms with van der Waals surface area (Å²) in [6.45, 7) is 5.45. The van der Waals surface area contributed by atoms with Crippen molar-refractivity contribution < 1.29 is 13.3 Å². The van der Waals surface area contributed by atoms with Crippen molar-refractivity contribution in [3.05, 3.63) is 47.7 Å². The minimum atomic E-state index is -0.334. The molecule has 1 aliphatic heterocycles. The van der Waals surface area contributed by atoms with Crippen molar-refractivity contribution in [2.45, 2.75) is 45.2 Å². The first-order valence-electron chi connectivity index (χ1n) is 8.76. The molecule has 1 fully saturated rings. The van der Waals surface area contributed by atoms with Crippen LogP contribution in [0.4, 0.5) is 4.39 Å². The van der Waals surface area contributed by atoms with Gasteiger partial charge in [0, 0.05) is 11.5 Å². The van der Waals surface area contributed by atoms with Gasteiger partial charge in [-0.15, -0.1) is 10.2 Å². The van der Waals surface area contributed by atoms with Gasteiger partial charge >= 0.3 is 0 Å². The number of nitrogens with zero attached hydrogens (tertiary/aromatic N) is 5. The van der Waals surface area contributed by atoms with E-state index in [0.29, 0.717) is 29.8 Å². The summed E-state index contributed by atoms with van der Waals surface area (Å²) in [7, 11) is 0. The van der Waals surface area contributed by atoms with Gasteiger partial charge in [0.25, 0.3) is 0 Å². The van der Waals surface area contributed by atoms with E-state index in [1.165, 1.54) is 12.1 Å². The van der Waals surface area contributed by atoms with E-state index in [4.69, 9.17) is 8.94 Å². The van der Waals surface area contributed by atoms with Gasteiger partial charge in [-0.3, -0.25) is 4.90 Å². The molecule has 3 heterocycles. The number of hydrogen-bond donors (Lipinski definition) is 0. The molecule has 0 unspecified atom stereocenters. The maximum absolute atomic E-state index is 13.4. The minimum Gasteiger partial charge on any atom is -0.419 e. The van der Waals surface area contributed by atoms with E-state index in [2.05, 4.69) is 25.2 Å². The molecule has 0 radical (unpaired) electrons. The van der Waals surface area contributed by atoms with Crippen LogP contribution in [0, 0.1) is 5.82 Å². The Morgan fingerprint density at radius 1 is 1.31 bits per heavy atom. The number of benzene rings is 1. The van der Waals surface area contributed by atoms with Gasteiger partial charge in [-0.1, -0.05) is 25.1 Å². The van der Waals surface area contributed by atoms with Gasteiger partial charge in [-0.2, -0.15) is 4.98 Å². The summed E-state index contributed by atoms with van der Waals surface area (Å²) >= 11 is 0. The lowest BCUT2D eigenvalue weighted by molar-refractivity contribution is 0.185. The highest BCUT2D eigenvalue weighted by Crippen LogP contribution is 2.33. The lowest BCUT2D eigenvalue weighted by atomic mass is 10.2. The van der Waals surface area contributed by atoms with Crippen LogP contribution in [0.3, 0.4) is 0 Å². The zero-order valence-corrected chi connectivity index (χ0v) is 14.7. The Morgan fingerprint density at radius 2 is 2.19 bits per heavy atom. The van der Waals surface area contributed by atoms with E-state index in [1.54, 1.807) is 12.1 Å². The van der Waals surface area contributed by atoms with E-state index in [1.807, 2.05) is 13.8 Å². The molecule has 0 N–H and O–H groups in total. The molecule has 1 atom stereocenters. The van der Waals surface area contributed by atoms with Crippen molar-refractivity contribution in [3.63, 3.8) is 0 Å². The number of aromatic nitrogens is 4. The molecule has 1 aliphatic rings. The molecule has 0 saturated carbocycles. The maximum Gasteiger partial charge on any atom is 0.247 e. The molecule has 0 aliphatic carbocycles. The van der Waals surface area contributed by atoms with Gasteiger partial charge in [0.15, 0.2) is 5.82 Å². The molecule has 0 amide bonds. The quantitative estimate of drug-likeness (QED) is 0.688. The third kappa shape index (κ3) is 3.37. The van der Waals surface area contributed by atoms with E-state index >= 15 is 0 Å². The molecule has 4 rings (SSSR count). The van der Waals surface area contributed by atoms with Crippen LogP contribution in [-0.2, 0) is 6.54 Å². The predicted octanol–water partition coefficient (Wildman–Crippen LogP) is 3.72. The van der Waals surface area contributed by atoms with Crippen molar-refractivity contribution >= 4 is 0 Å². The van der Waals surface area contributed by atoms with Crippen LogP contribution in [0.5, 0.6) is 0 Å². The minimum absolute atomic E-state index is 0.0551. The highest BCUT2D eigenvalue weighted by molar-refractivity contribution is 5.52. The molecule has 8 heteroatoms. The Morgan fingerprint density at radius 3 is 2.96 bits per heavy atom. The molecular formula is C18H20FN5O2. The third-order valence-electron chi connectivity index (χ3n) is 4.50. The Hall–Kier alpha value is -2.61. The fraction of sp³-hybridized carbons (Fsp3) is 0.444. The van der Waals surface area contributed by atoms with Crippen LogP contribution >= 0.6 is 0 Å². The van der Waals surface area contributed by atoms with Crippen molar-refractivity contribution in [3.8, 4) is 11.5 Å². The van der Waals surface area contributed by atoms with Crippen molar-refractivity contribution in [2.24, 2.45) is 0 Å². The van der Waals surface area contributed by atoms with Gasteiger partial charge in [0.05, 0.1) is 12.6 Å². The Bertz CT molecular complexity index is 891. The second kappa shape index (κ2) is 6.95. The summed E-state index contributed by atoms with van der Waals surface area (Å²) < 4.78 is 24.5. The summed E-state index contributed by atoms with van der Waals surface area (Å²) in [4.78, 5) is 6.71. The standard InChI is InChI=1S/C18H20FN5O2/c1-11(2)16-20-18(26-23-16)14-7-4-8-24(14)10-15-21-22-17(25-15)12-5-3-6-13(19)9-12/h3,5-6,9,11,14H,4,7-8,10H2,1-2H3/t14-/m0/s1. The summed E-state index contributed by atoms with van der Waals surface area (Å²) in [5.41, 5.74) is 0.570. The maximum atomic E-state index is 13.4. The molecule has 0 bridgehead atoms. The second-order valence-electron chi connectivity index (χ2n) is 6.79. The van der Waals surface area contributed by atoms with E-state index in [0.717, 1.165) is 25.2 Å². The predicted molar refractivity (Wildman–Crippen MR) is 90.5 cm³/mol. The van der Waals surface area contributed by atoms with Crippen LogP contribution in [0.1, 0.15) is 56.3 Å². The highest BCUT2D eigenvalue weighted by Gasteiger charge is 2.32. The van der Waals surface area contributed by atoms with Crippen LogP contribution < -0.4 is 0 Å². The zero-order valence-electron chi connectivity index (χ0n) is 14.7. The molecule has 0 spiro atoms. The molecule has 7 nitrogen and oxygen atoms in total. The van der Waals surface area contributed by atoms with Gasteiger partial charge in [0.1, 0.15) is 5.82 Å². The number of halogens is 1. The molecule has 3 aromatic rings. The molecule has 1 aromatic carbocycles. The average Bonchev–Trinajstić information content (AvgIpc) is 3.35. The first-order valence-corrected chi connectivity index (χ1v) is 8.76. The van der Waals surface area contributed by atoms with E-state index < -0.39 is 0 Å². The molecular weight excluding hydrogens is 337 g/mol. The smallest absolute Gasteiger partial charge is 0.247 e. The van der Waals surface area contributed by atoms with Crippen molar-refractivity contribution in [2.75, 3.05) is 6.54 Å². The van der Waals surface area contributed by atoms with E-state index in [-0.39, 0.29) is 17.8 Å². The largest absolute Gasteiger partial charge is 0.419 e. The van der Waals surface area contributed by atoms with Crippen LogP contribution in [0.2, 0.25) is 0 Å². The summed E-state index contributed by atoms with van der Waals surface area (Å²) in [6, 6.07) is 6.17. The molecule has 136 valence electrons. The first-order chi connectivity index (χ1) is 12.6. The van der Waals surface area contributed by atoms with Crippen LogP contribution in [0.15, 0.2) is 33.2 Å². The number of likely N-dealkylation sites (tertiary alicyclic amines) is 1. The summed E-state index contributed by atoms with van der Waals surface area (Å²) in [6.07, 6.45) is 1.99. The lowest BCUT2D eigenvalue weighted by Crippen LogP contribution is -2.23. The van der Waals surface area contributed by atoms with Crippen LogP contribution in [-0.4, -0.2) is 31.8 Å². The first kappa shape index (κ1) is 16.8. The average molecular weight is 357 g/mol. The molecule has 1 saturated heterocycles. The fourth-order valence-electron chi connectivity index (χ4n) is 3.14. The number of rotatable bonds is 5. The Balaban J connectivity index is 1.49. The fourth-order valence-corrected chi connectivity index (χ4v) is 3.14. The van der Waals surface area contributed by atoms with Gasteiger partial charge in [-0.25, -0.2) is 4.39 Å². The molecule has 26 heavy (non-hydrogen) atoms.